The second-order valence-electron chi connectivity index (χ2n) is 7.35. The van der Waals surface area contributed by atoms with E-state index >= 15 is 0 Å². The summed E-state index contributed by atoms with van der Waals surface area (Å²) in [4.78, 5) is 15.9. The number of halogens is 2. The van der Waals surface area contributed by atoms with Crippen LogP contribution >= 0.6 is 0 Å². The van der Waals surface area contributed by atoms with Gasteiger partial charge >= 0.3 is 0 Å². The highest BCUT2D eigenvalue weighted by Crippen LogP contribution is 2.28. The summed E-state index contributed by atoms with van der Waals surface area (Å²) in [5, 5.41) is 0.621. The van der Waals surface area contributed by atoms with E-state index in [9.17, 15) is 13.6 Å². The Morgan fingerprint density at radius 3 is 2.66 bits per heavy atom. The molecule has 152 valence electrons. The minimum atomic E-state index is -0.469. The molecule has 0 radical (unpaired) electrons. The van der Waals surface area contributed by atoms with E-state index in [2.05, 4.69) is 0 Å². The Morgan fingerprint density at radius 1 is 1.21 bits per heavy atom. The molecule has 3 aromatic rings. The van der Waals surface area contributed by atoms with Gasteiger partial charge in [0.1, 0.15) is 18.1 Å². The lowest BCUT2D eigenvalue weighted by Crippen LogP contribution is -3.13. The maximum atomic E-state index is 14.0. The number of nitrogens with zero attached hydrogens (tertiary/aromatic N) is 1. The zero-order valence-corrected chi connectivity index (χ0v) is 16.4. The van der Waals surface area contributed by atoms with Crippen molar-refractivity contribution in [1.29, 1.82) is 0 Å². The molecule has 7 heteroatoms. The summed E-state index contributed by atoms with van der Waals surface area (Å²) in [5.74, 6) is -0.122. The van der Waals surface area contributed by atoms with Crippen LogP contribution in [0, 0.1) is 18.6 Å². The highest BCUT2D eigenvalue weighted by molar-refractivity contribution is 5.99. The van der Waals surface area contributed by atoms with Gasteiger partial charge < -0.3 is 19.0 Å². The van der Waals surface area contributed by atoms with Crippen molar-refractivity contribution in [2.24, 2.45) is 0 Å². The van der Waals surface area contributed by atoms with Crippen LogP contribution in [0.4, 0.5) is 8.78 Å². The number of benzene rings is 2. The van der Waals surface area contributed by atoms with Crippen LogP contribution in [-0.4, -0.2) is 44.1 Å². The Morgan fingerprint density at radius 2 is 1.97 bits per heavy atom. The van der Waals surface area contributed by atoms with Crippen LogP contribution in [-0.2, 0) is 6.54 Å². The summed E-state index contributed by atoms with van der Waals surface area (Å²) in [7, 11) is 1.57. The van der Waals surface area contributed by atoms with E-state index in [0.717, 1.165) is 18.7 Å². The van der Waals surface area contributed by atoms with Gasteiger partial charge in [0.2, 0.25) is 0 Å². The number of rotatable bonds is 4. The molecule has 1 amide bonds. The molecule has 2 heterocycles. The number of hydrogen-bond donors (Lipinski definition) is 1. The zero-order chi connectivity index (χ0) is 20.5. The molecule has 1 aliphatic rings. The molecule has 1 saturated heterocycles. The van der Waals surface area contributed by atoms with Crippen molar-refractivity contribution in [3.05, 3.63) is 64.9 Å². The van der Waals surface area contributed by atoms with Gasteiger partial charge in [0.25, 0.3) is 5.91 Å². The Kier molecular flexibility index (Phi) is 5.24. The van der Waals surface area contributed by atoms with Gasteiger partial charge in [-0.1, -0.05) is 12.1 Å². The fourth-order valence-corrected chi connectivity index (χ4v) is 3.91. The Balaban J connectivity index is 1.45. The van der Waals surface area contributed by atoms with Gasteiger partial charge in [0.05, 0.1) is 38.9 Å². The molecule has 0 spiro atoms. The van der Waals surface area contributed by atoms with Crippen LogP contribution in [0.2, 0.25) is 0 Å². The average Bonchev–Trinajstić information content (AvgIpc) is 3.06. The molecular formula is C22H23F2N2O3+. The molecule has 1 aromatic heterocycles. The van der Waals surface area contributed by atoms with Gasteiger partial charge in [0, 0.05) is 10.9 Å². The standard InChI is InChI=1S/C22H22F2N2O3/c1-14-17-4-3-5-18(24)21(17)29-20(14)22(27)26-10-8-25(9-11-26)13-15-12-16(23)6-7-19(15)28-2/h3-7,12H,8-11,13H2,1-2H3/p+1. The lowest BCUT2D eigenvalue weighted by Gasteiger charge is -2.32. The molecule has 29 heavy (non-hydrogen) atoms. The number of quaternary nitrogens is 1. The molecule has 5 nitrogen and oxygen atoms in total. The van der Waals surface area contributed by atoms with Crippen LogP contribution in [0.1, 0.15) is 21.7 Å². The fraction of sp³-hybridized carbons (Fsp3) is 0.318. The number of methoxy groups -OCH3 is 1. The number of amides is 1. The Hall–Kier alpha value is -2.93. The number of ether oxygens (including phenoxy) is 1. The predicted octanol–water partition coefficient (Wildman–Crippen LogP) is 2.57. The van der Waals surface area contributed by atoms with E-state index in [-0.39, 0.29) is 23.1 Å². The molecule has 0 unspecified atom stereocenters. The third kappa shape index (κ3) is 3.70. The Bertz CT molecular complexity index is 1060. The minimum Gasteiger partial charge on any atom is -0.496 e. The van der Waals surface area contributed by atoms with Crippen molar-refractivity contribution in [1.82, 2.24) is 4.90 Å². The lowest BCUT2D eigenvalue weighted by molar-refractivity contribution is -0.917. The molecule has 0 bridgehead atoms. The van der Waals surface area contributed by atoms with Gasteiger partial charge in [0.15, 0.2) is 17.2 Å². The fourth-order valence-electron chi connectivity index (χ4n) is 3.91. The van der Waals surface area contributed by atoms with Gasteiger partial charge in [-0.3, -0.25) is 4.79 Å². The van der Waals surface area contributed by atoms with Crippen molar-refractivity contribution < 1.29 is 27.6 Å². The topological polar surface area (TPSA) is 47.1 Å². The first-order valence-corrected chi connectivity index (χ1v) is 9.61. The van der Waals surface area contributed by atoms with Gasteiger partial charge in [-0.2, -0.15) is 0 Å². The number of fused-ring (bicyclic) bond motifs is 1. The summed E-state index contributed by atoms with van der Waals surface area (Å²) in [5.41, 5.74) is 1.59. The number of hydrogen-bond acceptors (Lipinski definition) is 3. The van der Waals surface area contributed by atoms with E-state index in [1.54, 1.807) is 37.1 Å². The summed E-state index contributed by atoms with van der Waals surface area (Å²) in [6.07, 6.45) is 0. The number of carbonyl (C=O) groups excluding carboxylic acids is 1. The molecule has 0 aliphatic carbocycles. The van der Waals surface area contributed by atoms with Gasteiger partial charge in [-0.05, 0) is 31.2 Å². The van der Waals surface area contributed by atoms with Gasteiger partial charge in [-0.25, -0.2) is 8.78 Å². The molecule has 2 aromatic carbocycles. The van der Waals surface area contributed by atoms with Crippen LogP contribution in [0.15, 0.2) is 40.8 Å². The molecular weight excluding hydrogens is 378 g/mol. The molecule has 1 fully saturated rings. The maximum absolute atomic E-state index is 14.0. The number of piperazine rings is 1. The largest absolute Gasteiger partial charge is 0.496 e. The summed E-state index contributed by atoms with van der Waals surface area (Å²) in [6.45, 7) is 4.93. The van der Waals surface area contributed by atoms with Crippen molar-refractivity contribution in [3.8, 4) is 5.75 Å². The first-order valence-electron chi connectivity index (χ1n) is 9.61. The highest BCUT2D eigenvalue weighted by atomic mass is 19.1. The molecule has 1 aliphatic heterocycles. The Labute approximate surface area is 167 Å². The van der Waals surface area contributed by atoms with E-state index in [1.165, 1.54) is 23.1 Å². The molecule has 0 saturated carbocycles. The molecule has 4 rings (SSSR count). The quantitative estimate of drug-likeness (QED) is 0.731. The smallest absolute Gasteiger partial charge is 0.290 e. The molecule has 1 N–H and O–H groups in total. The average molecular weight is 401 g/mol. The molecule has 0 atom stereocenters. The van der Waals surface area contributed by atoms with Crippen LogP contribution in [0.3, 0.4) is 0 Å². The van der Waals surface area contributed by atoms with Gasteiger partial charge in [-0.15, -0.1) is 0 Å². The van der Waals surface area contributed by atoms with E-state index in [1.807, 2.05) is 0 Å². The number of para-hydroxylation sites is 1. The third-order valence-electron chi connectivity index (χ3n) is 5.55. The second kappa shape index (κ2) is 7.83. The first kappa shape index (κ1) is 19.4. The SMILES string of the molecule is COc1ccc(F)cc1C[NH+]1CCN(C(=O)c2oc3c(F)cccc3c2C)CC1. The third-order valence-corrected chi connectivity index (χ3v) is 5.55. The van der Waals surface area contributed by atoms with Crippen LogP contribution in [0.25, 0.3) is 11.0 Å². The van der Waals surface area contributed by atoms with E-state index < -0.39 is 5.82 Å². The van der Waals surface area contributed by atoms with Crippen molar-refractivity contribution >= 4 is 16.9 Å². The minimum absolute atomic E-state index is 0.121. The van der Waals surface area contributed by atoms with Crippen molar-refractivity contribution in [2.45, 2.75) is 13.5 Å². The van der Waals surface area contributed by atoms with Crippen molar-refractivity contribution in [2.75, 3.05) is 33.3 Å². The number of furan rings is 1. The lowest BCUT2D eigenvalue weighted by atomic mass is 10.1. The zero-order valence-electron chi connectivity index (χ0n) is 16.4. The normalized spacial score (nSPS) is 15.1. The summed E-state index contributed by atoms with van der Waals surface area (Å²) < 4.78 is 38.5. The van der Waals surface area contributed by atoms with Crippen molar-refractivity contribution in [3.63, 3.8) is 0 Å². The summed E-state index contributed by atoms with van der Waals surface area (Å²) >= 11 is 0. The number of nitrogens with one attached hydrogen (secondary N) is 1. The van der Waals surface area contributed by atoms with Crippen LogP contribution in [0.5, 0.6) is 5.75 Å². The maximum Gasteiger partial charge on any atom is 0.290 e. The second-order valence-corrected chi connectivity index (χ2v) is 7.35. The predicted molar refractivity (Wildman–Crippen MR) is 104 cm³/mol. The monoisotopic (exact) mass is 401 g/mol. The van der Waals surface area contributed by atoms with E-state index in [0.29, 0.717) is 36.3 Å². The number of aryl methyl sites for hydroxylation is 1. The van der Waals surface area contributed by atoms with Crippen LogP contribution < -0.4 is 9.64 Å². The summed E-state index contributed by atoms with van der Waals surface area (Å²) in [6, 6.07) is 9.19. The highest BCUT2D eigenvalue weighted by Gasteiger charge is 2.29. The number of carbonyl (C=O) groups is 1. The van der Waals surface area contributed by atoms with E-state index in [4.69, 9.17) is 9.15 Å². The first-order chi connectivity index (χ1) is 14.0.